The van der Waals surface area contributed by atoms with Crippen LogP contribution in [-0.2, 0) is 6.42 Å². The van der Waals surface area contributed by atoms with E-state index < -0.39 is 0 Å². The van der Waals surface area contributed by atoms with Gasteiger partial charge >= 0.3 is 6.03 Å². The van der Waals surface area contributed by atoms with Crippen LogP contribution in [0.25, 0.3) is 0 Å². The summed E-state index contributed by atoms with van der Waals surface area (Å²) in [5.41, 5.74) is 2.21. The number of amides is 2. The molecule has 0 saturated carbocycles. The van der Waals surface area contributed by atoms with Gasteiger partial charge < -0.3 is 4.90 Å². The number of benzene rings is 1. The molecule has 22 heavy (non-hydrogen) atoms. The van der Waals surface area contributed by atoms with Crippen molar-refractivity contribution < 1.29 is 4.79 Å². The van der Waals surface area contributed by atoms with Gasteiger partial charge in [-0.1, -0.05) is 28.1 Å². The molecule has 118 valence electrons. The number of nitrogens with zero attached hydrogens (tertiary/aromatic N) is 2. The van der Waals surface area contributed by atoms with Crippen LogP contribution < -0.4 is 5.32 Å². The Morgan fingerprint density at radius 3 is 2.50 bits per heavy atom. The molecular formula is C16H20BrN3OS. The summed E-state index contributed by atoms with van der Waals surface area (Å²) in [6.07, 6.45) is 0.831. The van der Waals surface area contributed by atoms with Crippen LogP contribution in [0.5, 0.6) is 0 Å². The van der Waals surface area contributed by atoms with Crippen molar-refractivity contribution in [2.75, 3.05) is 18.4 Å². The van der Waals surface area contributed by atoms with Crippen LogP contribution in [-0.4, -0.2) is 29.0 Å². The average Bonchev–Trinajstić information content (AvgIpc) is 2.82. The molecule has 0 aliphatic heterocycles. The first-order chi connectivity index (χ1) is 10.5. The number of nitrogens with one attached hydrogen (secondary N) is 1. The summed E-state index contributed by atoms with van der Waals surface area (Å²) in [5, 5.41) is 3.55. The van der Waals surface area contributed by atoms with Crippen molar-refractivity contribution in [3.8, 4) is 0 Å². The molecule has 0 aliphatic rings. The van der Waals surface area contributed by atoms with Gasteiger partial charge in [-0.15, -0.1) is 11.3 Å². The number of urea groups is 1. The van der Waals surface area contributed by atoms with Gasteiger partial charge in [0.1, 0.15) is 0 Å². The standard InChI is InChI=1S/C16H20BrN3OS/c1-4-20(5-2)16(21)19-15-18-11(3)14(22-15)10-12-6-8-13(17)9-7-12/h6-9H,4-5,10H2,1-3H3,(H,18,19,21). The maximum absolute atomic E-state index is 12.1. The smallest absolute Gasteiger partial charge is 0.323 e. The summed E-state index contributed by atoms with van der Waals surface area (Å²) in [4.78, 5) is 19.5. The van der Waals surface area contributed by atoms with Crippen molar-refractivity contribution in [1.29, 1.82) is 0 Å². The van der Waals surface area contributed by atoms with Gasteiger partial charge in [0, 0.05) is 28.9 Å². The second kappa shape index (κ2) is 7.74. The quantitative estimate of drug-likeness (QED) is 0.816. The molecule has 0 spiro atoms. The molecule has 1 N–H and O–H groups in total. The summed E-state index contributed by atoms with van der Waals surface area (Å²) < 4.78 is 1.07. The molecule has 0 unspecified atom stereocenters. The van der Waals surface area contributed by atoms with E-state index in [0.29, 0.717) is 18.2 Å². The minimum atomic E-state index is -0.0889. The van der Waals surface area contributed by atoms with Crippen molar-refractivity contribution in [3.63, 3.8) is 0 Å². The number of anilines is 1. The van der Waals surface area contributed by atoms with Gasteiger partial charge in [-0.25, -0.2) is 9.78 Å². The van der Waals surface area contributed by atoms with Gasteiger partial charge in [-0.05, 0) is 38.5 Å². The molecule has 0 radical (unpaired) electrons. The summed E-state index contributed by atoms with van der Waals surface area (Å²) >= 11 is 4.99. The highest BCUT2D eigenvalue weighted by Crippen LogP contribution is 2.26. The lowest BCUT2D eigenvalue weighted by atomic mass is 10.1. The molecule has 1 aromatic heterocycles. The Morgan fingerprint density at radius 2 is 1.91 bits per heavy atom. The molecule has 1 heterocycles. The predicted molar refractivity (Wildman–Crippen MR) is 95.7 cm³/mol. The molecule has 1 aromatic carbocycles. The second-order valence-electron chi connectivity index (χ2n) is 4.93. The largest absolute Gasteiger partial charge is 0.325 e. The molecule has 4 nitrogen and oxygen atoms in total. The van der Waals surface area contributed by atoms with Crippen LogP contribution in [0.4, 0.5) is 9.93 Å². The number of carbonyl (C=O) groups is 1. The zero-order chi connectivity index (χ0) is 16.1. The fourth-order valence-corrected chi connectivity index (χ4v) is 3.37. The van der Waals surface area contributed by atoms with E-state index in [1.165, 1.54) is 10.4 Å². The third-order valence-electron chi connectivity index (χ3n) is 3.44. The Hall–Kier alpha value is -1.40. The Balaban J connectivity index is 2.07. The first kappa shape index (κ1) is 17.0. The second-order valence-corrected chi connectivity index (χ2v) is 6.93. The van der Waals surface area contributed by atoms with Crippen LogP contribution in [0.2, 0.25) is 0 Å². The number of halogens is 1. The highest BCUT2D eigenvalue weighted by atomic mass is 79.9. The number of carbonyl (C=O) groups excluding carboxylic acids is 1. The van der Waals surface area contributed by atoms with Gasteiger partial charge in [0.2, 0.25) is 0 Å². The van der Waals surface area contributed by atoms with E-state index in [-0.39, 0.29) is 6.03 Å². The van der Waals surface area contributed by atoms with E-state index in [1.807, 2.05) is 32.9 Å². The number of aromatic nitrogens is 1. The number of thiazole rings is 1. The zero-order valence-corrected chi connectivity index (χ0v) is 15.4. The maximum atomic E-state index is 12.1. The number of hydrogen-bond donors (Lipinski definition) is 1. The average molecular weight is 382 g/mol. The minimum absolute atomic E-state index is 0.0889. The molecular weight excluding hydrogens is 362 g/mol. The van der Waals surface area contributed by atoms with Crippen LogP contribution in [0, 0.1) is 6.92 Å². The van der Waals surface area contributed by atoms with Gasteiger partial charge in [0.05, 0.1) is 5.69 Å². The van der Waals surface area contributed by atoms with E-state index in [9.17, 15) is 4.79 Å². The molecule has 2 amide bonds. The molecule has 0 aliphatic carbocycles. The van der Waals surface area contributed by atoms with E-state index in [0.717, 1.165) is 16.6 Å². The molecule has 2 aromatic rings. The fraction of sp³-hybridized carbons (Fsp3) is 0.375. The lowest BCUT2D eigenvalue weighted by Gasteiger charge is -2.17. The summed E-state index contributed by atoms with van der Waals surface area (Å²) in [5.74, 6) is 0. The third kappa shape index (κ3) is 4.30. The van der Waals surface area contributed by atoms with Crippen LogP contribution in [0.15, 0.2) is 28.7 Å². The first-order valence-electron chi connectivity index (χ1n) is 7.30. The van der Waals surface area contributed by atoms with Crippen molar-refractivity contribution in [1.82, 2.24) is 9.88 Å². The lowest BCUT2D eigenvalue weighted by molar-refractivity contribution is 0.217. The molecule has 2 rings (SSSR count). The third-order valence-corrected chi connectivity index (χ3v) is 5.04. The molecule has 0 saturated heterocycles. The van der Waals surface area contributed by atoms with E-state index in [1.54, 1.807) is 16.2 Å². The topological polar surface area (TPSA) is 45.2 Å². The molecule has 0 bridgehead atoms. The Kier molecular flexibility index (Phi) is 5.97. The Labute approximate surface area is 143 Å². The number of aryl methyl sites for hydroxylation is 1. The van der Waals surface area contributed by atoms with Gasteiger partial charge in [-0.2, -0.15) is 0 Å². The van der Waals surface area contributed by atoms with Gasteiger partial charge in [0.15, 0.2) is 5.13 Å². The van der Waals surface area contributed by atoms with Crippen LogP contribution in [0.1, 0.15) is 30.0 Å². The van der Waals surface area contributed by atoms with Gasteiger partial charge in [-0.3, -0.25) is 5.32 Å². The van der Waals surface area contributed by atoms with Crippen LogP contribution in [0.3, 0.4) is 0 Å². The lowest BCUT2D eigenvalue weighted by Crippen LogP contribution is -2.34. The Bertz CT molecular complexity index is 635. The zero-order valence-electron chi connectivity index (χ0n) is 13.0. The molecule has 6 heteroatoms. The minimum Gasteiger partial charge on any atom is -0.325 e. The van der Waals surface area contributed by atoms with E-state index in [2.05, 4.69) is 38.4 Å². The van der Waals surface area contributed by atoms with Crippen molar-refractivity contribution in [2.24, 2.45) is 0 Å². The summed E-state index contributed by atoms with van der Waals surface area (Å²) in [7, 11) is 0. The fourth-order valence-electron chi connectivity index (χ4n) is 2.11. The monoisotopic (exact) mass is 381 g/mol. The number of rotatable bonds is 5. The molecule has 0 atom stereocenters. The molecule has 0 fully saturated rings. The van der Waals surface area contributed by atoms with Crippen molar-refractivity contribution >= 4 is 38.4 Å². The highest BCUT2D eigenvalue weighted by molar-refractivity contribution is 9.10. The highest BCUT2D eigenvalue weighted by Gasteiger charge is 2.14. The van der Waals surface area contributed by atoms with E-state index >= 15 is 0 Å². The number of hydrogen-bond acceptors (Lipinski definition) is 3. The maximum Gasteiger partial charge on any atom is 0.323 e. The normalized spacial score (nSPS) is 10.5. The SMILES string of the molecule is CCN(CC)C(=O)Nc1nc(C)c(Cc2ccc(Br)cc2)s1. The van der Waals surface area contributed by atoms with Crippen molar-refractivity contribution in [3.05, 3.63) is 44.9 Å². The summed E-state index contributed by atoms with van der Waals surface area (Å²) in [6, 6.07) is 8.17. The van der Waals surface area contributed by atoms with Crippen molar-refractivity contribution in [2.45, 2.75) is 27.2 Å². The van der Waals surface area contributed by atoms with Crippen LogP contribution >= 0.6 is 27.3 Å². The summed E-state index contributed by atoms with van der Waals surface area (Å²) in [6.45, 7) is 7.30. The van der Waals surface area contributed by atoms with E-state index in [4.69, 9.17) is 0 Å². The predicted octanol–water partition coefficient (Wildman–Crippen LogP) is 4.68. The first-order valence-corrected chi connectivity index (χ1v) is 8.91. The Morgan fingerprint density at radius 1 is 1.27 bits per heavy atom. The van der Waals surface area contributed by atoms with Gasteiger partial charge in [0.25, 0.3) is 0 Å².